The van der Waals surface area contributed by atoms with Gasteiger partial charge in [0.25, 0.3) is 0 Å². The molecular weight excluding hydrogens is 552 g/mol. The molecule has 4 rings (SSSR count). The van der Waals surface area contributed by atoms with Crippen molar-refractivity contribution in [1.82, 2.24) is 4.98 Å². The second-order valence-electron chi connectivity index (χ2n) is 8.01. The van der Waals surface area contributed by atoms with E-state index in [2.05, 4.69) is 30.1 Å². The van der Waals surface area contributed by atoms with Crippen molar-refractivity contribution < 1.29 is 46.1 Å². The Morgan fingerprint density at radius 1 is 1.05 bits per heavy atom. The molecule has 2 aliphatic rings. The van der Waals surface area contributed by atoms with Gasteiger partial charge in [-0.05, 0) is 54.5 Å². The lowest BCUT2D eigenvalue weighted by Crippen LogP contribution is -2.41. The Morgan fingerprint density at radius 2 is 1.62 bits per heavy atom. The topological polar surface area (TPSA) is 126 Å². The maximum Gasteiger partial charge on any atom is 0.490 e. The van der Waals surface area contributed by atoms with Crippen LogP contribution in [-0.4, -0.2) is 50.4 Å². The Balaban J connectivity index is 0.000000286. The third-order valence-corrected chi connectivity index (χ3v) is 6.67. The number of benzene rings is 1. The molecule has 202 valence electrons. The second-order valence-corrected chi connectivity index (χ2v) is 9.49. The molecular formula is C22H20ClF6N3O4S. The van der Waals surface area contributed by atoms with Crippen molar-refractivity contribution in [3.63, 3.8) is 0 Å². The molecule has 7 nitrogen and oxygen atoms in total. The Morgan fingerprint density at radius 3 is 2.14 bits per heavy atom. The summed E-state index contributed by atoms with van der Waals surface area (Å²) in [5, 5.41) is 15.6. The molecule has 1 aliphatic carbocycles. The van der Waals surface area contributed by atoms with Crippen molar-refractivity contribution in [3.05, 3.63) is 52.8 Å². The zero-order valence-electron chi connectivity index (χ0n) is 18.9. The summed E-state index contributed by atoms with van der Waals surface area (Å²) in [4.78, 5) is 26.8. The minimum atomic E-state index is -5.08. The number of pyridine rings is 1. The summed E-state index contributed by atoms with van der Waals surface area (Å²) in [6.07, 6.45) is -4.38. The van der Waals surface area contributed by atoms with Gasteiger partial charge in [0.1, 0.15) is 0 Å². The van der Waals surface area contributed by atoms with E-state index in [1.807, 2.05) is 12.3 Å². The number of halogens is 7. The first-order valence-electron chi connectivity index (χ1n) is 10.3. The largest absolute Gasteiger partial charge is 0.490 e. The van der Waals surface area contributed by atoms with Gasteiger partial charge in [-0.15, -0.1) is 0 Å². The summed E-state index contributed by atoms with van der Waals surface area (Å²) < 4.78 is 63.5. The van der Waals surface area contributed by atoms with Gasteiger partial charge in [0.2, 0.25) is 0 Å². The number of carboxylic acids is 2. The molecule has 1 aromatic heterocycles. The van der Waals surface area contributed by atoms with Gasteiger partial charge in [0.05, 0.1) is 10.6 Å². The molecule has 0 spiro atoms. The Hall–Kier alpha value is -3.00. The van der Waals surface area contributed by atoms with Gasteiger partial charge < -0.3 is 15.9 Å². The number of carbonyl (C=O) groups is 2. The summed E-state index contributed by atoms with van der Waals surface area (Å²) in [6, 6.07) is 8.58. The van der Waals surface area contributed by atoms with Gasteiger partial charge in [-0.3, -0.25) is 9.98 Å². The van der Waals surface area contributed by atoms with Crippen LogP contribution in [0.4, 0.5) is 26.3 Å². The fourth-order valence-electron chi connectivity index (χ4n) is 3.69. The van der Waals surface area contributed by atoms with Crippen LogP contribution in [0, 0.1) is 5.92 Å². The molecule has 2 atom stereocenters. The summed E-state index contributed by atoms with van der Waals surface area (Å²) in [5.74, 6) is -3.92. The molecule has 0 unspecified atom stereocenters. The van der Waals surface area contributed by atoms with E-state index in [1.54, 1.807) is 18.0 Å². The minimum absolute atomic E-state index is 0.217. The average molecular weight is 572 g/mol. The lowest BCUT2D eigenvalue weighted by molar-refractivity contribution is -0.193. The number of rotatable bonds is 1. The maximum atomic E-state index is 10.6. The van der Waals surface area contributed by atoms with Crippen molar-refractivity contribution in [3.8, 4) is 11.1 Å². The van der Waals surface area contributed by atoms with Gasteiger partial charge in [0.15, 0.2) is 5.17 Å². The van der Waals surface area contributed by atoms with Crippen LogP contribution in [0.25, 0.3) is 11.1 Å². The Bertz CT molecular complexity index is 1170. The van der Waals surface area contributed by atoms with Crippen molar-refractivity contribution in [1.29, 1.82) is 0 Å². The molecule has 37 heavy (non-hydrogen) atoms. The number of hydrogen-bond acceptors (Lipinski definition) is 6. The maximum absolute atomic E-state index is 10.6. The molecule has 0 fully saturated rings. The standard InChI is InChI=1S/C18H18ClN3S.2C2HF3O2/c1-18-14(10-23-17(20)22-18)5-4-11-2-3-12(7-16(11)18)13-6-15(19)9-21-8-13;2*3-2(4,5)1(6)7/h2-3,6-9,14H,4-5,10H2,1H3,(H2,20,22);2*(H,6,7)/t14-,18+;;/m1../s1. The lowest BCUT2D eigenvalue weighted by Gasteiger charge is -2.42. The number of aromatic nitrogens is 1. The zero-order chi connectivity index (χ0) is 28.2. The molecule has 1 aromatic carbocycles. The van der Waals surface area contributed by atoms with Crippen LogP contribution < -0.4 is 5.73 Å². The van der Waals surface area contributed by atoms with Crippen LogP contribution in [0.5, 0.6) is 0 Å². The van der Waals surface area contributed by atoms with Crippen LogP contribution in [0.2, 0.25) is 5.02 Å². The number of alkyl halides is 6. The van der Waals surface area contributed by atoms with E-state index in [0.717, 1.165) is 23.3 Å². The van der Waals surface area contributed by atoms with E-state index in [-0.39, 0.29) is 5.54 Å². The van der Waals surface area contributed by atoms with Crippen molar-refractivity contribution >= 4 is 40.5 Å². The number of carboxylic acid groups (broad SMARTS) is 2. The molecule has 0 radical (unpaired) electrons. The first-order valence-corrected chi connectivity index (χ1v) is 11.6. The lowest BCUT2D eigenvalue weighted by atomic mass is 9.70. The normalized spacial score (nSPS) is 20.5. The molecule has 0 bridgehead atoms. The Kier molecular flexibility index (Phi) is 9.47. The predicted octanol–water partition coefficient (Wildman–Crippen LogP) is 5.51. The highest BCUT2D eigenvalue weighted by Gasteiger charge is 2.43. The minimum Gasteiger partial charge on any atom is -0.475 e. The van der Waals surface area contributed by atoms with E-state index >= 15 is 0 Å². The monoisotopic (exact) mass is 571 g/mol. The number of aliphatic imine (C=N–C) groups is 1. The smallest absolute Gasteiger partial charge is 0.475 e. The number of aliphatic carboxylic acids is 2. The molecule has 1 aliphatic heterocycles. The molecule has 0 saturated heterocycles. The second kappa shape index (κ2) is 11.6. The van der Waals surface area contributed by atoms with Crippen molar-refractivity contribution in [2.75, 3.05) is 5.75 Å². The number of thioether (sulfide) groups is 1. The fourth-order valence-corrected chi connectivity index (χ4v) is 4.98. The highest BCUT2D eigenvalue weighted by atomic mass is 35.5. The highest BCUT2D eigenvalue weighted by Crippen LogP contribution is 2.47. The SMILES string of the molecule is C[C@]12N=C(N)SC[C@H]1CCc1ccc(-c3cncc(Cl)c3)cc12.O=C(O)C(F)(F)F.O=C(O)C(F)(F)F. The predicted molar refractivity (Wildman–Crippen MR) is 125 cm³/mol. The number of hydrogen-bond donors (Lipinski definition) is 3. The summed E-state index contributed by atoms with van der Waals surface area (Å²) >= 11 is 7.77. The summed E-state index contributed by atoms with van der Waals surface area (Å²) in [6.45, 7) is 2.22. The van der Waals surface area contributed by atoms with E-state index in [1.165, 1.54) is 17.5 Å². The van der Waals surface area contributed by atoms with E-state index in [9.17, 15) is 26.3 Å². The molecule has 0 saturated carbocycles. The molecule has 2 aromatic rings. The quantitative estimate of drug-likeness (QED) is 0.385. The van der Waals surface area contributed by atoms with E-state index in [0.29, 0.717) is 16.1 Å². The van der Waals surface area contributed by atoms with Gasteiger partial charge in [-0.25, -0.2) is 9.59 Å². The van der Waals surface area contributed by atoms with Crippen LogP contribution in [0.15, 0.2) is 41.7 Å². The number of fused-ring (bicyclic) bond motifs is 3. The Labute approximate surface area is 215 Å². The molecule has 4 N–H and O–H groups in total. The summed E-state index contributed by atoms with van der Waals surface area (Å²) in [7, 11) is 0. The average Bonchev–Trinajstić information content (AvgIpc) is 2.78. The third kappa shape index (κ3) is 7.99. The number of nitrogens with zero attached hydrogens (tertiary/aromatic N) is 2. The number of aryl methyl sites for hydroxylation is 1. The van der Waals surface area contributed by atoms with Crippen molar-refractivity contribution in [2.45, 2.75) is 37.7 Å². The first-order chi connectivity index (χ1) is 16.9. The van der Waals surface area contributed by atoms with Gasteiger partial charge in [-0.2, -0.15) is 26.3 Å². The van der Waals surface area contributed by atoms with E-state index < -0.39 is 24.3 Å². The van der Waals surface area contributed by atoms with Crippen LogP contribution >= 0.6 is 23.4 Å². The highest BCUT2D eigenvalue weighted by molar-refractivity contribution is 8.13. The van der Waals surface area contributed by atoms with Gasteiger partial charge in [0, 0.05) is 23.7 Å². The zero-order valence-corrected chi connectivity index (χ0v) is 20.5. The van der Waals surface area contributed by atoms with Crippen LogP contribution in [0.1, 0.15) is 24.5 Å². The number of amidine groups is 1. The first kappa shape index (κ1) is 30.2. The fraction of sp³-hybridized carbons (Fsp3) is 0.364. The third-order valence-electron chi connectivity index (χ3n) is 5.51. The van der Waals surface area contributed by atoms with Crippen LogP contribution in [-0.2, 0) is 21.5 Å². The van der Waals surface area contributed by atoms with Gasteiger partial charge in [-0.1, -0.05) is 35.5 Å². The van der Waals surface area contributed by atoms with Gasteiger partial charge >= 0.3 is 24.3 Å². The van der Waals surface area contributed by atoms with E-state index in [4.69, 9.17) is 42.1 Å². The van der Waals surface area contributed by atoms with Crippen LogP contribution in [0.3, 0.4) is 0 Å². The summed E-state index contributed by atoms with van der Waals surface area (Å²) in [5.41, 5.74) is 10.7. The molecule has 15 heteroatoms. The number of nitrogens with two attached hydrogens (primary N) is 1. The molecule has 0 amide bonds. The molecule has 2 heterocycles. The van der Waals surface area contributed by atoms with Crippen molar-refractivity contribution in [2.24, 2.45) is 16.6 Å².